The predicted octanol–water partition coefficient (Wildman–Crippen LogP) is 3.68. The van der Waals surface area contributed by atoms with Crippen molar-refractivity contribution >= 4 is 28.8 Å². The number of anilines is 3. The van der Waals surface area contributed by atoms with E-state index in [4.69, 9.17) is 17.3 Å². The molecule has 0 amide bonds. The SMILES string of the molecule is Cc1cc(Nc2ccc(Cl)cc2C)ncc1N. The molecule has 0 bridgehead atoms. The van der Waals surface area contributed by atoms with Gasteiger partial charge in [0.15, 0.2) is 0 Å². The van der Waals surface area contributed by atoms with Crippen molar-refractivity contribution in [2.75, 3.05) is 11.1 Å². The zero-order valence-electron chi connectivity index (χ0n) is 9.79. The summed E-state index contributed by atoms with van der Waals surface area (Å²) in [6, 6.07) is 7.61. The molecule has 88 valence electrons. The smallest absolute Gasteiger partial charge is 0.130 e. The van der Waals surface area contributed by atoms with E-state index < -0.39 is 0 Å². The van der Waals surface area contributed by atoms with Gasteiger partial charge in [-0.05, 0) is 49.2 Å². The number of rotatable bonds is 2. The standard InChI is InChI=1S/C13H14ClN3/c1-8-6-13(16-7-11(8)15)17-12-4-3-10(14)5-9(12)2/h3-7H,15H2,1-2H3,(H,16,17). The number of hydrogen-bond donors (Lipinski definition) is 2. The highest BCUT2D eigenvalue weighted by atomic mass is 35.5. The molecule has 0 saturated heterocycles. The van der Waals surface area contributed by atoms with Crippen molar-refractivity contribution in [1.29, 1.82) is 0 Å². The Bertz CT molecular complexity index is 552. The van der Waals surface area contributed by atoms with Gasteiger partial charge in [-0.3, -0.25) is 0 Å². The van der Waals surface area contributed by atoms with Crippen LogP contribution in [-0.4, -0.2) is 4.98 Å². The molecule has 3 nitrogen and oxygen atoms in total. The number of hydrogen-bond acceptors (Lipinski definition) is 3. The van der Waals surface area contributed by atoms with Crippen molar-refractivity contribution in [2.24, 2.45) is 0 Å². The molecule has 0 aliphatic carbocycles. The second-order valence-corrected chi connectivity index (χ2v) is 4.45. The Kier molecular flexibility index (Phi) is 3.20. The lowest BCUT2D eigenvalue weighted by molar-refractivity contribution is 1.27. The van der Waals surface area contributed by atoms with E-state index in [0.717, 1.165) is 27.7 Å². The topological polar surface area (TPSA) is 50.9 Å². The molecule has 1 heterocycles. The largest absolute Gasteiger partial charge is 0.397 e. The van der Waals surface area contributed by atoms with Gasteiger partial charge in [0.25, 0.3) is 0 Å². The van der Waals surface area contributed by atoms with Crippen LogP contribution in [0.2, 0.25) is 5.02 Å². The summed E-state index contributed by atoms with van der Waals surface area (Å²) in [6.07, 6.45) is 1.66. The third-order valence-corrected chi connectivity index (χ3v) is 2.84. The van der Waals surface area contributed by atoms with Crippen LogP contribution in [0.15, 0.2) is 30.5 Å². The van der Waals surface area contributed by atoms with Crippen LogP contribution < -0.4 is 11.1 Å². The first-order valence-corrected chi connectivity index (χ1v) is 5.69. The maximum absolute atomic E-state index is 5.91. The van der Waals surface area contributed by atoms with Crippen LogP contribution in [0, 0.1) is 13.8 Å². The molecule has 0 aliphatic heterocycles. The minimum Gasteiger partial charge on any atom is -0.397 e. The van der Waals surface area contributed by atoms with Gasteiger partial charge in [0.2, 0.25) is 0 Å². The molecular formula is C13H14ClN3. The van der Waals surface area contributed by atoms with Gasteiger partial charge in [-0.2, -0.15) is 0 Å². The summed E-state index contributed by atoms with van der Waals surface area (Å²) >= 11 is 5.91. The van der Waals surface area contributed by atoms with E-state index in [1.165, 1.54) is 0 Å². The van der Waals surface area contributed by atoms with Crippen LogP contribution in [-0.2, 0) is 0 Å². The molecule has 2 aromatic rings. The Morgan fingerprint density at radius 1 is 1.18 bits per heavy atom. The fraction of sp³-hybridized carbons (Fsp3) is 0.154. The van der Waals surface area contributed by atoms with Crippen LogP contribution in [0.25, 0.3) is 0 Å². The summed E-state index contributed by atoms with van der Waals surface area (Å²) in [5.41, 5.74) is 9.50. The number of nitrogens with one attached hydrogen (secondary N) is 1. The number of halogens is 1. The van der Waals surface area contributed by atoms with Gasteiger partial charge >= 0.3 is 0 Å². The molecule has 0 spiro atoms. The first-order valence-electron chi connectivity index (χ1n) is 5.31. The summed E-state index contributed by atoms with van der Waals surface area (Å²) in [7, 11) is 0. The molecule has 1 aromatic carbocycles. The Morgan fingerprint density at radius 3 is 2.59 bits per heavy atom. The van der Waals surface area contributed by atoms with Crippen LogP contribution in [0.4, 0.5) is 17.2 Å². The average molecular weight is 248 g/mol. The highest BCUT2D eigenvalue weighted by Gasteiger charge is 2.02. The van der Waals surface area contributed by atoms with Gasteiger partial charge in [0, 0.05) is 10.7 Å². The zero-order chi connectivity index (χ0) is 12.4. The molecule has 0 atom stereocenters. The van der Waals surface area contributed by atoms with E-state index in [1.54, 1.807) is 6.20 Å². The molecule has 3 N–H and O–H groups in total. The summed E-state index contributed by atoms with van der Waals surface area (Å²) in [6.45, 7) is 3.95. The minimum atomic E-state index is 0.698. The number of benzene rings is 1. The van der Waals surface area contributed by atoms with Crippen LogP contribution in [0.5, 0.6) is 0 Å². The van der Waals surface area contributed by atoms with Crippen molar-refractivity contribution in [3.63, 3.8) is 0 Å². The number of nitrogen functional groups attached to an aromatic ring is 1. The van der Waals surface area contributed by atoms with E-state index in [2.05, 4.69) is 10.3 Å². The number of pyridine rings is 1. The van der Waals surface area contributed by atoms with Crippen LogP contribution in [0.1, 0.15) is 11.1 Å². The molecule has 0 radical (unpaired) electrons. The molecule has 2 rings (SSSR count). The number of aryl methyl sites for hydroxylation is 2. The second-order valence-electron chi connectivity index (χ2n) is 4.01. The van der Waals surface area contributed by atoms with E-state index >= 15 is 0 Å². The summed E-state index contributed by atoms with van der Waals surface area (Å²) in [4.78, 5) is 4.23. The summed E-state index contributed by atoms with van der Waals surface area (Å²) in [5, 5.41) is 3.97. The van der Waals surface area contributed by atoms with Crippen molar-refractivity contribution in [3.8, 4) is 0 Å². The van der Waals surface area contributed by atoms with E-state index in [9.17, 15) is 0 Å². The molecular weight excluding hydrogens is 234 g/mol. The highest BCUT2D eigenvalue weighted by Crippen LogP contribution is 2.23. The van der Waals surface area contributed by atoms with E-state index in [0.29, 0.717) is 5.69 Å². The molecule has 1 aromatic heterocycles. The van der Waals surface area contributed by atoms with Crippen LogP contribution in [0.3, 0.4) is 0 Å². The lowest BCUT2D eigenvalue weighted by atomic mass is 10.2. The van der Waals surface area contributed by atoms with E-state index in [1.807, 2.05) is 38.1 Å². The lowest BCUT2D eigenvalue weighted by Gasteiger charge is -2.10. The summed E-state index contributed by atoms with van der Waals surface area (Å²) in [5.74, 6) is 0.780. The van der Waals surface area contributed by atoms with Crippen molar-refractivity contribution in [3.05, 3.63) is 46.6 Å². The Morgan fingerprint density at radius 2 is 1.94 bits per heavy atom. The quantitative estimate of drug-likeness (QED) is 0.851. The number of nitrogens with two attached hydrogens (primary N) is 1. The molecule has 4 heteroatoms. The summed E-state index contributed by atoms with van der Waals surface area (Å²) < 4.78 is 0. The normalized spacial score (nSPS) is 10.3. The fourth-order valence-corrected chi connectivity index (χ4v) is 1.77. The van der Waals surface area contributed by atoms with Crippen molar-refractivity contribution in [1.82, 2.24) is 4.98 Å². The first-order chi connectivity index (χ1) is 8.06. The Hall–Kier alpha value is -1.74. The number of nitrogens with zero attached hydrogens (tertiary/aromatic N) is 1. The van der Waals surface area contributed by atoms with Gasteiger partial charge in [-0.1, -0.05) is 11.6 Å². The van der Waals surface area contributed by atoms with Gasteiger partial charge in [-0.25, -0.2) is 4.98 Å². The monoisotopic (exact) mass is 247 g/mol. The molecule has 0 saturated carbocycles. The zero-order valence-corrected chi connectivity index (χ0v) is 10.5. The van der Waals surface area contributed by atoms with E-state index in [-0.39, 0.29) is 0 Å². The highest BCUT2D eigenvalue weighted by molar-refractivity contribution is 6.30. The first kappa shape index (κ1) is 11.7. The van der Waals surface area contributed by atoms with Crippen LogP contribution >= 0.6 is 11.6 Å². The molecule has 0 unspecified atom stereocenters. The molecule has 0 fully saturated rings. The number of aromatic nitrogens is 1. The minimum absolute atomic E-state index is 0.698. The van der Waals surface area contributed by atoms with Gasteiger partial charge in [0.1, 0.15) is 5.82 Å². The maximum atomic E-state index is 5.91. The molecule has 0 aliphatic rings. The second kappa shape index (κ2) is 4.63. The third-order valence-electron chi connectivity index (χ3n) is 2.60. The van der Waals surface area contributed by atoms with Gasteiger partial charge in [-0.15, -0.1) is 0 Å². The van der Waals surface area contributed by atoms with Crippen molar-refractivity contribution in [2.45, 2.75) is 13.8 Å². The average Bonchev–Trinajstić information content (AvgIpc) is 2.27. The van der Waals surface area contributed by atoms with Gasteiger partial charge < -0.3 is 11.1 Å². The predicted molar refractivity (Wildman–Crippen MR) is 72.9 cm³/mol. The fourth-order valence-electron chi connectivity index (χ4n) is 1.54. The molecule has 17 heavy (non-hydrogen) atoms. The Labute approximate surface area is 106 Å². The lowest BCUT2D eigenvalue weighted by Crippen LogP contribution is -1.98. The Balaban J connectivity index is 2.28. The van der Waals surface area contributed by atoms with Gasteiger partial charge in [0.05, 0.1) is 11.9 Å². The van der Waals surface area contributed by atoms with Crippen molar-refractivity contribution < 1.29 is 0 Å². The maximum Gasteiger partial charge on any atom is 0.130 e. The third kappa shape index (κ3) is 2.68.